The van der Waals surface area contributed by atoms with Crippen LogP contribution in [0, 0.1) is 22.7 Å². The lowest BCUT2D eigenvalue weighted by Gasteiger charge is -2.47. The summed E-state index contributed by atoms with van der Waals surface area (Å²) in [7, 11) is 3.30. The summed E-state index contributed by atoms with van der Waals surface area (Å²) >= 11 is 0. The van der Waals surface area contributed by atoms with Gasteiger partial charge >= 0.3 is 0 Å². The van der Waals surface area contributed by atoms with Crippen molar-refractivity contribution in [3.63, 3.8) is 0 Å². The van der Waals surface area contributed by atoms with E-state index in [4.69, 9.17) is 18.9 Å². The minimum absolute atomic E-state index is 0.00388. The van der Waals surface area contributed by atoms with Crippen molar-refractivity contribution in [3.8, 4) is 11.5 Å². The highest BCUT2D eigenvalue weighted by Gasteiger charge is 2.54. The minimum Gasteiger partial charge on any atom is -0.497 e. The number of hydrogen-bond donors (Lipinski definition) is 0. The molecule has 0 spiro atoms. The Bertz CT molecular complexity index is 842. The summed E-state index contributed by atoms with van der Waals surface area (Å²) in [5, 5.41) is 0. The standard InChI is InChI=1S/C27H38O5/c1-26(2)18-8-9-19(26)16-24(28)27(3)14-6-7-22(31-17-29-4)25(27)23(15-18)32-21-12-10-20(30-5)11-13-21/h10-13,15,19,22-23,25H,6-9,14,16-17H2,1-5H3/b18-15-/t19-,22-,23+,25-,27+/m1/s1. The quantitative estimate of drug-likeness (QED) is 0.426. The molecular formula is C27H38O5. The molecule has 176 valence electrons. The summed E-state index contributed by atoms with van der Waals surface area (Å²) in [6.07, 6.45) is 7.52. The van der Waals surface area contributed by atoms with Crippen LogP contribution >= 0.6 is 0 Å². The van der Waals surface area contributed by atoms with Gasteiger partial charge in [0.2, 0.25) is 0 Å². The van der Waals surface area contributed by atoms with Gasteiger partial charge in [-0.3, -0.25) is 4.79 Å². The largest absolute Gasteiger partial charge is 0.497 e. The maximum Gasteiger partial charge on any atom is 0.146 e. The molecule has 0 unspecified atom stereocenters. The van der Waals surface area contributed by atoms with E-state index < -0.39 is 5.41 Å². The van der Waals surface area contributed by atoms with Gasteiger partial charge in [-0.1, -0.05) is 26.3 Å². The normalized spacial score (nSPS) is 35.7. The van der Waals surface area contributed by atoms with Crippen molar-refractivity contribution in [1.29, 1.82) is 0 Å². The molecule has 1 aromatic carbocycles. The summed E-state index contributed by atoms with van der Waals surface area (Å²) in [6.45, 7) is 6.97. The molecule has 32 heavy (non-hydrogen) atoms. The summed E-state index contributed by atoms with van der Waals surface area (Å²) in [5.74, 6) is 2.27. The maximum absolute atomic E-state index is 13.9. The van der Waals surface area contributed by atoms with Gasteiger partial charge in [-0.05, 0) is 73.8 Å². The molecular weight excluding hydrogens is 404 g/mol. The van der Waals surface area contributed by atoms with Crippen LogP contribution in [-0.4, -0.2) is 39.0 Å². The van der Waals surface area contributed by atoms with Crippen molar-refractivity contribution >= 4 is 5.78 Å². The van der Waals surface area contributed by atoms with E-state index in [1.165, 1.54) is 5.57 Å². The fraction of sp³-hybridized carbons (Fsp3) is 0.667. The number of ketones is 1. The van der Waals surface area contributed by atoms with Crippen molar-refractivity contribution in [1.82, 2.24) is 0 Å². The van der Waals surface area contributed by atoms with Gasteiger partial charge in [0.1, 0.15) is 30.2 Å². The summed E-state index contributed by atoms with van der Waals surface area (Å²) < 4.78 is 23.4. The number of benzene rings is 1. The van der Waals surface area contributed by atoms with Crippen LogP contribution in [0.1, 0.15) is 59.3 Å². The van der Waals surface area contributed by atoms with Gasteiger partial charge in [-0.15, -0.1) is 0 Å². The predicted octanol–water partition coefficient (Wildman–Crippen LogP) is 5.57. The molecule has 1 aromatic rings. The molecule has 0 N–H and O–H groups in total. The molecule has 0 amide bonds. The third-order valence-corrected chi connectivity index (χ3v) is 8.45. The Morgan fingerprint density at radius 3 is 2.44 bits per heavy atom. The van der Waals surface area contributed by atoms with E-state index >= 15 is 0 Å². The average Bonchev–Trinajstić information content (AvgIpc) is 3.05. The second-order valence-electron chi connectivity index (χ2n) is 10.5. The fourth-order valence-corrected chi connectivity index (χ4v) is 6.28. The molecule has 0 saturated heterocycles. The lowest BCUT2D eigenvalue weighted by molar-refractivity contribution is -0.162. The maximum atomic E-state index is 13.9. The summed E-state index contributed by atoms with van der Waals surface area (Å²) in [5.41, 5.74) is 0.934. The Hall–Kier alpha value is -1.85. The highest BCUT2D eigenvalue weighted by atomic mass is 16.7. The Kier molecular flexibility index (Phi) is 6.69. The first kappa shape index (κ1) is 23.3. The molecule has 5 heteroatoms. The zero-order chi connectivity index (χ0) is 22.9. The van der Waals surface area contributed by atoms with Crippen molar-refractivity contribution in [2.24, 2.45) is 22.7 Å². The average molecular weight is 443 g/mol. The molecule has 3 aliphatic rings. The number of methoxy groups -OCH3 is 2. The Balaban J connectivity index is 1.78. The molecule has 4 rings (SSSR count). The van der Waals surface area contributed by atoms with E-state index in [9.17, 15) is 4.79 Å². The smallest absolute Gasteiger partial charge is 0.146 e. The number of rotatable bonds is 6. The zero-order valence-electron chi connectivity index (χ0n) is 20.2. The van der Waals surface area contributed by atoms with Crippen LogP contribution in [0.5, 0.6) is 11.5 Å². The Morgan fingerprint density at radius 2 is 1.75 bits per heavy atom. The van der Waals surface area contributed by atoms with Crippen molar-refractivity contribution in [3.05, 3.63) is 35.9 Å². The number of fused-ring (bicyclic) bond motifs is 3. The van der Waals surface area contributed by atoms with Crippen LogP contribution in [0.15, 0.2) is 35.9 Å². The van der Waals surface area contributed by atoms with Crippen molar-refractivity contribution < 1.29 is 23.7 Å². The molecule has 2 saturated carbocycles. The third kappa shape index (κ3) is 4.22. The van der Waals surface area contributed by atoms with Crippen LogP contribution in [-0.2, 0) is 14.3 Å². The monoisotopic (exact) mass is 442 g/mol. The SMILES string of the molecule is COCO[C@@H]1CCC[C@@]2(C)C(=O)C[C@H]3CC/C(=C/[C@H](Oc4ccc(OC)cc4)[C@@H]12)C3(C)C. The number of carbonyl (C=O) groups excluding carboxylic acids is 1. The number of allylic oxidation sites excluding steroid dienone is 1. The second-order valence-corrected chi connectivity index (χ2v) is 10.5. The van der Waals surface area contributed by atoms with E-state index in [0.29, 0.717) is 18.1 Å². The van der Waals surface area contributed by atoms with E-state index in [1.54, 1.807) is 14.2 Å². The molecule has 5 nitrogen and oxygen atoms in total. The molecule has 2 bridgehead atoms. The van der Waals surface area contributed by atoms with Gasteiger partial charge in [0.15, 0.2) is 0 Å². The zero-order valence-corrected chi connectivity index (χ0v) is 20.2. The second kappa shape index (κ2) is 9.18. The molecule has 0 aliphatic heterocycles. The van der Waals surface area contributed by atoms with Crippen LogP contribution in [0.25, 0.3) is 0 Å². The molecule has 0 heterocycles. The van der Waals surface area contributed by atoms with Crippen LogP contribution < -0.4 is 9.47 Å². The third-order valence-electron chi connectivity index (χ3n) is 8.45. The van der Waals surface area contributed by atoms with Gasteiger partial charge in [0.25, 0.3) is 0 Å². The van der Waals surface area contributed by atoms with Gasteiger partial charge < -0.3 is 18.9 Å². The van der Waals surface area contributed by atoms with Crippen molar-refractivity contribution in [2.75, 3.05) is 21.0 Å². The number of carbonyl (C=O) groups is 1. The first-order valence-electron chi connectivity index (χ1n) is 12.0. The summed E-state index contributed by atoms with van der Waals surface area (Å²) in [6, 6.07) is 7.72. The lowest BCUT2D eigenvalue weighted by atomic mass is 9.60. The highest BCUT2D eigenvalue weighted by Crippen LogP contribution is 2.55. The van der Waals surface area contributed by atoms with E-state index in [2.05, 4.69) is 26.8 Å². The number of hydrogen-bond acceptors (Lipinski definition) is 5. The lowest BCUT2D eigenvalue weighted by Crippen LogP contribution is -2.53. The molecule has 5 atom stereocenters. The summed E-state index contributed by atoms with van der Waals surface area (Å²) in [4.78, 5) is 13.9. The Labute approximate surface area is 192 Å². The van der Waals surface area contributed by atoms with E-state index in [-0.39, 0.29) is 30.3 Å². The van der Waals surface area contributed by atoms with Crippen molar-refractivity contribution in [2.45, 2.75) is 71.5 Å². The topological polar surface area (TPSA) is 54.0 Å². The van der Waals surface area contributed by atoms with Crippen LogP contribution in [0.4, 0.5) is 0 Å². The number of ether oxygens (including phenoxy) is 4. The van der Waals surface area contributed by atoms with Gasteiger partial charge in [0, 0.05) is 24.9 Å². The fourth-order valence-electron chi connectivity index (χ4n) is 6.28. The molecule has 0 radical (unpaired) electrons. The minimum atomic E-state index is -0.481. The molecule has 2 fully saturated rings. The highest BCUT2D eigenvalue weighted by molar-refractivity contribution is 5.85. The van der Waals surface area contributed by atoms with Gasteiger partial charge in [0.05, 0.1) is 13.2 Å². The van der Waals surface area contributed by atoms with Crippen LogP contribution in [0.3, 0.4) is 0 Å². The van der Waals surface area contributed by atoms with Gasteiger partial charge in [-0.25, -0.2) is 0 Å². The van der Waals surface area contributed by atoms with Crippen LogP contribution in [0.2, 0.25) is 0 Å². The number of Topliss-reactive ketones (excluding diaryl/α,β-unsaturated/α-hetero) is 1. The van der Waals surface area contributed by atoms with Gasteiger partial charge in [-0.2, -0.15) is 0 Å². The van der Waals surface area contributed by atoms with E-state index in [1.807, 2.05) is 24.3 Å². The predicted molar refractivity (Wildman–Crippen MR) is 124 cm³/mol. The molecule has 3 aliphatic carbocycles. The first-order chi connectivity index (χ1) is 15.3. The first-order valence-corrected chi connectivity index (χ1v) is 12.0. The molecule has 0 aromatic heterocycles. The Morgan fingerprint density at radius 1 is 1.03 bits per heavy atom. The van der Waals surface area contributed by atoms with E-state index in [0.717, 1.165) is 43.6 Å².